The molecule has 2 aromatic heterocycles. The van der Waals surface area contributed by atoms with Crippen molar-refractivity contribution < 1.29 is 0 Å². The Morgan fingerprint density at radius 1 is 1.38 bits per heavy atom. The molecule has 21 heavy (non-hydrogen) atoms. The Bertz CT molecular complexity index is 611. The highest BCUT2D eigenvalue weighted by atomic mass is 32.1. The molecule has 5 nitrogen and oxygen atoms in total. The number of nitrogens with one attached hydrogen (secondary N) is 2. The first kappa shape index (κ1) is 15.6. The number of aromatic nitrogens is 2. The van der Waals surface area contributed by atoms with Crippen LogP contribution in [0.25, 0.3) is 0 Å². The van der Waals surface area contributed by atoms with Gasteiger partial charge in [0.25, 0.3) is 0 Å². The van der Waals surface area contributed by atoms with Gasteiger partial charge < -0.3 is 15.2 Å². The van der Waals surface area contributed by atoms with Gasteiger partial charge in [0, 0.05) is 30.9 Å². The van der Waals surface area contributed by atoms with Crippen molar-refractivity contribution in [3.05, 3.63) is 39.6 Å². The molecule has 0 bridgehead atoms. The van der Waals surface area contributed by atoms with Crippen molar-refractivity contribution in [3.8, 4) is 0 Å². The first-order valence-electron chi connectivity index (χ1n) is 7.14. The minimum atomic E-state index is 0.677. The standard InChI is InChI=1S/C15H23N5S/c1-5-16-15(17-8-13-6-7-20(4)10-13)18-9-14-11(2)19-12(3)21-14/h6-7,10H,5,8-9H2,1-4H3,(H2,16,17,18). The third-order valence-electron chi connectivity index (χ3n) is 3.07. The van der Waals surface area contributed by atoms with E-state index in [2.05, 4.69) is 46.7 Å². The van der Waals surface area contributed by atoms with E-state index in [1.807, 2.05) is 24.7 Å². The Balaban J connectivity index is 1.96. The van der Waals surface area contributed by atoms with Crippen LogP contribution in [-0.2, 0) is 20.1 Å². The lowest BCUT2D eigenvalue weighted by Crippen LogP contribution is -2.36. The number of aryl methyl sites for hydroxylation is 3. The van der Waals surface area contributed by atoms with Crippen LogP contribution < -0.4 is 10.6 Å². The minimum Gasteiger partial charge on any atom is -0.357 e. The first-order valence-corrected chi connectivity index (χ1v) is 7.96. The van der Waals surface area contributed by atoms with Gasteiger partial charge in [-0.05, 0) is 32.4 Å². The molecule has 0 aliphatic rings. The fourth-order valence-electron chi connectivity index (χ4n) is 2.07. The summed E-state index contributed by atoms with van der Waals surface area (Å²) < 4.78 is 2.04. The quantitative estimate of drug-likeness (QED) is 0.658. The van der Waals surface area contributed by atoms with Crippen LogP contribution in [0.3, 0.4) is 0 Å². The summed E-state index contributed by atoms with van der Waals surface area (Å²) >= 11 is 1.73. The minimum absolute atomic E-state index is 0.677. The van der Waals surface area contributed by atoms with E-state index in [0.717, 1.165) is 29.8 Å². The van der Waals surface area contributed by atoms with E-state index in [9.17, 15) is 0 Å². The summed E-state index contributed by atoms with van der Waals surface area (Å²) in [6.45, 7) is 8.45. The molecule has 0 aromatic carbocycles. The van der Waals surface area contributed by atoms with Crippen LogP contribution >= 0.6 is 11.3 Å². The van der Waals surface area contributed by atoms with Gasteiger partial charge in [-0.2, -0.15) is 0 Å². The normalized spacial score (nSPS) is 11.7. The number of hydrogen-bond acceptors (Lipinski definition) is 3. The van der Waals surface area contributed by atoms with Crippen LogP contribution in [0.2, 0.25) is 0 Å². The highest BCUT2D eigenvalue weighted by molar-refractivity contribution is 7.11. The van der Waals surface area contributed by atoms with E-state index in [1.165, 1.54) is 10.4 Å². The molecule has 0 aliphatic heterocycles. The van der Waals surface area contributed by atoms with Gasteiger partial charge in [0.1, 0.15) is 0 Å². The smallest absolute Gasteiger partial charge is 0.191 e. The van der Waals surface area contributed by atoms with Crippen LogP contribution in [0.5, 0.6) is 0 Å². The summed E-state index contributed by atoms with van der Waals surface area (Å²) in [6, 6.07) is 2.09. The van der Waals surface area contributed by atoms with Crippen molar-refractivity contribution in [1.82, 2.24) is 20.2 Å². The molecule has 0 saturated carbocycles. The van der Waals surface area contributed by atoms with Crippen LogP contribution in [-0.4, -0.2) is 22.1 Å². The Morgan fingerprint density at radius 2 is 2.19 bits per heavy atom. The number of hydrogen-bond donors (Lipinski definition) is 2. The van der Waals surface area contributed by atoms with E-state index in [0.29, 0.717) is 6.54 Å². The summed E-state index contributed by atoms with van der Waals surface area (Å²) in [7, 11) is 2.02. The van der Waals surface area contributed by atoms with Gasteiger partial charge in [-0.15, -0.1) is 11.3 Å². The van der Waals surface area contributed by atoms with Crippen molar-refractivity contribution in [2.24, 2.45) is 12.0 Å². The molecule has 2 rings (SSSR count). The van der Waals surface area contributed by atoms with Gasteiger partial charge in [0.15, 0.2) is 5.96 Å². The third-order valence-corrected chi connectivity index (χ3v) is 4.15. The zero-order valence-electron chi connectivity index (χ0n) is 13.1. The van der Waals surface area contributed by atoms with Crippen LogP contribution in [0.1, 0.15) is 28.1 Å². The second-order valence-electron chi connectivity index (χ2n) is 4.98. The summed E-state index contributed by atoms with van der Waals surface area (Å²) in [6.07, 6.45) is 4.12. The van der Waals surface area contributed by atoms with Gasteiger partial charge in [0.2, 0.25) is 0 Å². The predicted molar refractivity (Wildman–Crippen MR) is 88.7 cm³/mol. The van der Waals surface area contributed by atoms with E-state index in [-0.39, 0.29) is 0 Å². The lowest BCUT2D eigenvalue weighted by molar-refractivity contribution is 0.818. The zero-order chi connectivity index (χ0) is 15.2. The Hall–Kier alpha value is -1.82. The fraction of sp³-hybridized carbons (Fsp3) is 0.467. The van der Waals surface area contributed by atoms with E-state index >= 15 is 0 Å². The van der Waals surface area contributed by atoms with E-state index in [1.54, 1.807) is 11.3 Å². The first-order chi connectivity index (χ1) is 10.1. The second-order valence-corrected chi connectivity index (χ2v) is 6.26. The molecule has 0 amide bonds. The molecule has 6 heteroatoms. The van der Waals surface area contributed by atoms with Crippen LogP contribution in [0, 0.1) is 13.8 Å². The molecular formula is C15H23N5S. The van der Waals surface area contributed by atoms with Crippen molar-refractivity contribution in [1.29, 1.82) is 0 Å². The highest BCUT2D eigenvalue weighted by Crippen LogP contribution is 2.16. The third kappa shape index (κ3) is 4.60. The Kier molecular flexibility index (Phi) is 5.38. The maximum absolute atomic E-state index is 4.61. The van der Waals surface area contributed by atoms with Gasteiger partial charge >= 0.3 is 0 Å². The summed E-state index contributed by atoms with van der Waals surface area (Å²) in [5.74, 6) is 0.840. The molecule has 114 valence electrons. The van der Waals surface area contributed by atoms with Crippen molar-refractivity contribution >= 4 is 17.3 Å². The average Bonchev–Trinajstić information content (AvgIpc) is 2.99. The van der Waals surface area contributed by atoms with Crippen LogP contribution in [0.15, 0.2) is 23.5 Å². The van der Waals surface area contributed by atoms with Gasteiger partial charge in [0.05, 0.1) is 23.8 Å². The lowest BCUT2D eigenvalue weighted by Gasteiger charge is -2.10. The molecule has 0 saturated heterocycles. The topological polar surface area (TPSA) is 54.2 Å². The molecule has 2 aromatic rings. The molecular weight excluding hydrogens is 282 g/mol. The lowest BCUT2D eigenvalue weighted by atomic mass is 10.3. The van der Waals surface area contributed by atoms with Crippen molar-refractivity contribution in [2.75, 3.05) is 6.54 Å². The largest absolute Gasteiger partial charge is 0.357 e. The zero-order valence-corrected chi connectivity index (χ0v) is 13.9. The summed E-state index contributed by atoms with van der Waals surface area (Å²) in [4.78, 5) is 10.3. The second kappa shape index (κ2) is 7.26. The number of nitrogens with zero attached hydrogens (tertiary/aromatic N) is 3. The summed E-state index contributed by atoms with van der Waals surface area (Å²) in [5, 5.41) is 7.75. The van der Waals surface area contributed by atoms with Crippen molar-refractivity contribution in [2.45, 2.75) is 33.9 Å². The number of thiazole rings is 1. The average molecular weight is 305 g/mol. The van der Waals surface area contributed by atoms with Gasteiger partial charge in [-0.3, -0.25) is 0 Å². The van der Waals surface area contributed by atoms with Crippen molar-refractivity contribution in [3.63, 3.8) is 0 Å². The molecule has 2 N–H and O–H groups in total. The predicted octanol–water partition coefficient (Wildman–Crippen LogP) is 2.35. The number of guanidine groups is 1. The van der Waals surface area contributed by atoms with Gasteiger partial charge in [-0.25, -0.2) is 9.98 Å². The molecule has 0 fully saturated rings. The highest BCUT2D eigenvalue weighted by Gasteiger charge is 2.05. The Morgan fingerprint density at radius 3 is 2.76 bits per heavy atom. The van der Waals surface area contributed by atoms with Gasteiger partial charge in [-0.1, -0.05) is 0 Å². The van der Waals surface area contributed by atoms with E-state index < -0.39 is 0 Å². The maximum atomic E-state index is 4.61. The maximum Gasteiger partial charge on any atom is 0.191 e. The number of rotatable bonds is 5. The molecule has 0 aliphatic carbocycles. The number of aliphatic imine (C=N–C) groups is 1. The summed E-state index contributed by atoms with van der Waals surface area (Å²) in [5.41, 5.74) is 2.31. The molecule has 2 heterocycles. The molecule has 0 unspecified atom stereocenters. The SMILES string of the molecule is CCNC(=NCc1ccn(C)c1)NCc1sc(C)nc1C. The molecule has 0 atom stereocenters. The monoisotopic (exact) mass is 305 g/mol. The van der Waals surface area contributed by atoms with Crippen LogP contribution in [0.4, 0.5) is 0 Å². The molecule has 0 radical (unpaired) electrons. The van der Waals surface area contributed by atoms with E-state index in [4.69, 9.17) is 0 Å². The Labute approximate surface area is 130 Å². The fourth-order valence-corrected chi connectivity index (χ4v) is 2.94. The molecule has 0 spiro atoms.